The van der Waals surface area contributed by atoms with Gasteiger partial charge in [-0.05, 0) is 6.92 Å². The van der Waals surface area contributed by atoms with Crippen LogP contribution in [0.3, 0.4) is 0 Å². The third-order valence-electron chi connectivity index (χ3n) is 0.937. The third-order valence-corrected chi connectivity index (χ3v) is 0.937. The van der Waals surface area contributed by atoms with Crippen molar-refractivity contribution in [1.29, 1.82) is 0 Å². The molecule has 0 aromatic rings. The molecule has 3 nitrogen and oxygen atoms in total. The molecule has 52 valence electrons. The SMILES string of the molecule is C/C(=C/O)C(=O)N(C)C. The Labute approximate surface area is 54.6 Å². The summed E-state index contributed by atoms with van der Waals surface area (Å²) in [4.78, 5) is 12.2. The number of hydrogen-bond donors (Lipinski definition) is 1. The van der Waals surface area contributed by atoms with Crippen molar-refractivity contribution in [2.45, 2.75) is 6.92 Å². The Hall–Kier alpha value is -0.990. The lowest BCUT2D eigenvalue weighted by atomic mass is 10.3. The summed E-state index contributed by atoms with van der Waals surface area (Å²) in [5, 5.41) is 8.34. The van der Waals surface area contributed by atoms with Crippen LogP contribution in [-0.4, -0.2) is 30.0 Å². The van der Waals surface area contributed by atoms with Crippen LogP contribution in [0.25, 0.3) is 0 Å². The molecule has 0 saturated carbocycles. The maximum Gasteiger partial charge on any atom is 0.252 e. The molecule has 0 rings (SSSR count). The molecule has 0 fully saturated rings. The van der Waals surface area contributed by atoms with Gasteiger partial charge in [0.25, 0.3) is 5.91 Å². The van der Waals surface area contributed by atoms with Gasteiger partial charge < -0.3 is 10.0 Å². The Balaban J connectivity index is 4.06. The highest BCUT2D eigenvalue weighted by atomic mass is 16.2. The molecule has 0 heterocycles. The normalized spacial score (nSPS) is 11.2. The summed E-state index contributed by atoms with van der Waals surface area (Å²) >= 11 is 0. The van der Waals surface area contributed by atoms with E-state index in [0.29, 0.717) is 5.57 Å². The maximum absolute atomic E-state index is 10.8. The predicted octanol–water partition coefficient (Wildman–Crippen LogP) is 0.536. The van der Waals surface area contributed by atoms with E-state index in [1.54, 1.807) is 21.0 Å². The molecule has 1 amide bonds. The van der Waals surface area contributed by atoms with E-state index in [0.717, 1.165) is 6.26 Å². The van der Waals surface area contributed by atoms with Crippen LogP contribution in [0.15, 0.2) is 11.8 Å². The number of nitrogens with zero attached hydrogens (tertiary/aromatic N) is 1. The van der Waals surface area contributed by atoms with Gasteiger partial charge in [0.1, 0.15) is 0 Å². The van der Waals surface area contributed by atoms with Gasteiger partial charge in [-0.2, -0.15) is 0 Å². The molecule has 0 unspecified atom stereocenters. The van der Waals surface area contributed by atoms with Crippen molar-refractivity contribution in [3.8, 4) is 0 Å². The molecule has 0 aromatic heterocycles. The maximum atomic E-state index is 10.8. The van der Waals surface area contributed by atoms with Gasteiger partial charge >= 0.3 is 0 Å². The molecule has 0 radical (unpaired) electrons. The number of carbonyl (C=O) groups is 1. The summed E-state index contributed by atoms with van der Waals surface area (Å²) in [6.07, 6.45) is 0.808. The van der Waals surface area contributed by atoms with Crippen LogP contribution >= 0.6 is 0 Å². The smallest absolute Gasteiger partial charge is 0.252 e. The van der Waals surface area contributed by atoms with Gasteiger partial charge in [-0.25, -0.2) is 0 Å². The molecule has 0 aliphatic heterocycles. The number of amides is 1. The second-order valence-corrected chi connectivity index (χ2v) is 2.01. The standard InChI is InChI=1S/C6H11NO2/c1-5(4-8)6(9)7(2)3/h4,8H,1-3H3/b5-4-. The van der Waals surface area contributed by atoms with Gasteiger partial charge in [0.15, 0.2) is 0 Å². The highest BCUT2D eigenvalue weighted by Crippen LogP contribution is 1.93. The number of hydrogen-bond acceptors (Lipinski definition) is 2. The van der Waals surface area contributed by atoms with Crippen LogP contribution in [0.5, 0.6) is 0 Å². The quantitative estimate of drug-likeness (QED) is 0.414. The number of aliphatic hydroxyl groups is 1. The van der Waals surface area contributed by atoms with Gasteiger partial charge in [-0.15, -0.1) is 0 Å². The highest BCUT2D eigenvalue weighted by molar-refractivity contribution is 5.92. The summed E-state index contributed by atoms with van der Waals surface area (Å²) < 4.78 is 0. The first-order valence-corrected chi connectivity index (χ1v) is 2.62. The fraction of sp³-hybridized carbons (Fsp3) is 0.500. The van der Waals surface area contributed by atoms with E-state index in [2.05, 4.69) is 0 Å². The van der Waals surface area contributed by atoms with Gasteiger partial charge in [-0.1, -0.05) is 0 Å². The zero-order chi connectivity index (χ0) is 7.44. The number of likely N-dealkylation sites (N-methyl/N-ethyl adjacent to an activating group) is 1. The number of rotatable bonds is 1. The topological polar surface area (TPSA) is 40.5 Å². The molecule has 0 spiro atoms. The summed E-state index contributed by atoms with van der Waals surface area (Å²) in [5.41, 5.74) is 0.347. The highest BCUT2D eigenvalue weighted by Gasteiger charge is 2.04. The van der Waals surface area contributed by atoms with E-state index >= 15 is 0 Å². The summed E-state index contributed by atoms with van der Waals surface area (Å²) in [5.74, 6) is -0.169. The predicted molar refractivity (Wildman–Crippen MR) is 35.1 cm³/mol. The fourth-order valence-corrected chi connectivity index (χ4v) is 0.408. The Morgan fingerprint density at radius 3 is 2.11 bits per heavy atom. The lowest BCUT2D eigenvalue weighted by Gasteiger charge is -2.08. The Morgan fingerprint density at radius 1 is 1.56 bits per heavy atom. The van der Waals surface area contributed by atoms with Crippen molar-refractivity contribution in [1.82, 2.24) is 4.90 Å². The zero-order valence-electron chi connectivity index (χ0n) is 5.88. The molecule has 0 aliphatic rings. The van der Waals surface area contributed by atoms with E-state index in [1.165, 1.54) is 4.90 Å². The van der Waals surface area contributed by atoms with Crippen molar-refractivity contribution in [3.05, 3.63) is 11.8 Å². The average Bonchev–Trinajstić information content (AvgIpc) is 1.84. The van der Waals surface area contributed by atoms with E-state index in [4.69, 9.17) is 5.11 Å². The van der Waals surface area contributed by atoms with Crippen LogP contribution in [-0.2, 0) is 4.79 Å². The minimum Gasteiger partial charge on any atom is -0.515 e. The molecule has 3 heteroatoms. The van der Waals surface area contributed by atoms with E-state index in [-0.39, 0.29) is 5.91 Å². The molecule has 0 aromatic carbocycles. The van der Waals surface area contributed by atoms with Crippen LogP contribution in [0.4, 0.5) is 0 Å². The summed E-state index contributed by atoms with van der Waals surface area (Å²) in [6.45, 7) is 1.56. The van der Waals surface area contributed by atoms with Gasteiger partial charge in [0, 0.05) is 19.7 Å². The van der Waals surface area contributed by atoms with Gasteiger partial charge in [-0.3, -0.25) is 4.79 Å². The molecule has 0 atom stereocenters. The van der Waals surface area contributed by atoms with Crippen LogP contribution in [0.2, 0.25) is 0 Å². The first-order chi connectivity index (χ1) is 4.09. The second-order valence-electron chi connectivity index (χ2n) is 2.01. The lowest BCUT2D eigenvalue weighted by molar-refractivity contribution is -0.124. The second kappa shape index (κ2) is 3.12. The number of aliphatic hydroxyl groups excluding tert-OH is 1. The van der Waals surface area contributed by atoms with Crippen molar-refractivity contribution >= 4 is 5.91 Å². The molecule has 9 heavy (non-hydrogen) atoms. The Bertz CT molecular complexity index is 138. The van der Waals surface area contributed by atoms with Crippen LogP contribution in [0.1, 0.15) is 6.92 Å². The van der Waals surface area contributed by atoms with Crippen molar-refractivity contribution in [3.63, 3.8) is 0 Å². The zero-order valence-corrected chi connectivity index (χ0v) is 5.88. The van der Waals surface area contributed by atoms with Crippen LogP contribution in [0, 0.1) is 0 Å². The minimum atomic E-state index is -0.169. The lowest BCUT2D eigenvalue weighted by Crippen LogP contribution is -2.22. The molecule has 0 saturated heterocycles. The largest absolute Gasteiger partial charge is 0.515 e. The van der Waals surface area contributed by atoms with E-state index in [1.807, 2.05) is 0 Å². The van der Waals surface area contributed by atoms with Gasteiger partial charge in [0.05, 0.1) is 6.26 Å². The monoisotopic (exact) mass is 129 g/mol. The van der Waals surface area contributed by atoms with Gasteiger partial charge in [0.2, 0.25) is 0 Å². The molecule has 0 bridgehead atoms. The van der Waals surface area contributed by atoms with E-state index < -0.39 is 0 Å². The molecular formula is C6H11NO2. The molecule has 0 aliphatic carbocycles. The third kappa shape index (κ3) is 2.17. The first kappa shape index (κ1) is 8.01. The first-order valence-electron chi connectivity index (χ1n) is 2.62. The molecule has 1 N–H and O–H groups in total. The Morgan fingerprint density at radius 2 is 2.00 bits per heavy atom. The van der Waals surface area contributed by atoms with Crippen molar-refractivity contribution in [2.75, 3.05) is 14.1 Å². The van der Waals surface area contributed by atoms with Crippen molar-refractivity contribution in [2.24, 2.45) is 0 Å². The summed E-state index contributed by atoms with van der Waals surface area (Å²) in [7, 11) is 3.27. The fourth-order valence-electron chi connectivity index (χ4n) is 0.408. The minimum absolute atomic E-state index is 0.169. The van der Waals surface area contributed by atoms with Crippen LogP contribution < -0.4 is 0 Å². The van der Waals surface area contributed by atoms with E-state index in [9.17, 15) is 4.79 Å². The summed E-state index contributed by atoms with van der Waals surface area (Å²) in [6, 6.07) is 0. The molecular weight excluding hydrogens is 118 g/mol. The van der Waals surface area contributed by atoms with Crippen molar-refractivity contribution < 1.29 is 9.90 Å². The number of carbonyl (C=O) groups excluding carboxylic acids is 1. The Kier molecular flexibility index (Phi) is 2.78. The average molecular weight is 129 g/mol.